The molecule has 8 heteroatoms. The molecule has 0 aliphatic rings. The van der Waals surface area contributed by atoms with Crippen LogP contribution in [-0.4, -0.2) is 9.36 Å². The molecule has 0 radical (unpaired) electrons. The van der Waals surface area contributed by atoms with Crippen molar-refractivity contribution in [1.82, 2.24) is 9.36 Å². The van der Waals surface area contributed by atoms with Gasteiger partial charge in [-0.05, 0) is 31.5 Å². The third kappa shape index (κ3) is 3.49. The number of nitriles is 1. The number of hydrogen-bond acceptors (Lipinski definition) is 5. The van der Waals surface area contributed by atoms with Gasteiger partial charge >= 0.3 is 6.18 Å². The highest BCUT2D eigenvalue weighted by molar-refractivity contribution is 7.09. The van der Waals surface area contributed by atoms with E-state index in [0.717, 1.165) is 5.56 Å². The van der Waals surface area contributed by atoms with Crippen molar-refractivity contribution in [2.24, 2.45) is 0 Å². The molecule has 1 N–H and O–H groups in total. The van der Waals surface area contributed by atoms with Crippen LogP contribution in [0, 0.1) is 11.3 Å². The van der Waals surface area contributed by atoms with Crippen molar-refractivity contribution in [3.05, 3.63) is 35.7 Å². The number of aromatic nitrogens is 2. The van der Waals surface area contributed by atoms with E-state index in [2.05, 4.69) is 20.7 Å². The van der Waals surface area contributed by atoms with Gasteiger partial charge in [0.2, 0.25) is 11.0 Å². The average Bonchev–Trinajstić information content (AvgIpc) is 2.87. The Morgan fingerprint density at radius 2 is 2.00 bits per heavy atom. The molecule has 4 nitrogen and oxygen atoms in total. The molecule has 2 aromatic rings. The first-order chi connectivity index (χ1) is 9.72. The van der Waals surface area contributed by atoms with E-state index in [1.54, 1.807) is 38.1 Å². The van der Waals surface area contributed by atoms with Crippen molar-refractivity contribution in [2.45, 2.75) is 25.4 Å². The number of nitrogens with one attached hydrogen (secondary N) is 1. The van der Waals surface area contributed by atoms with Gasteiger partial charge in [-0.2, -0.15) is 27.8 Å². The van der Waals surface area contributed by atoms with Crippen LogP contribution in [0.25, 0.3) is 0 Å². The van der Waals surface area contributed by atoms with Crippen molar-refractivity contribution >= 4 is 22.4 Å². The number of halogens is 3. The Morgan fingerprint density at radius 3 is 2.57 bits per heavy atom. The smallest absolute Gasteiger partial charge is 0.330 e. The third-order valence-corrected chi connectivity index (χ3v) is 3.43. The van der Waals surface area contributed by atoms with Crippen LogP contribution in [0.1, 0.15) is 25.2 Å². The van der Waals surface area contributed by atoms with Crippen LogP contribution in [0.5, 0.6) is 0 Å². The molecule has 0 aliphatic heterocycles. The summed E-state index contributed by atoms with van der Waals surface area (Å²) in [4.78, 5) is 3.40. The second kappa shape index (κ2) is 5.33. The predicted octanol–water partition coefficient (Wildman–Crippen LogP) is 4.10. The third-order valence-electron chi connectivity index (χ3n) is 2.79. The molecule has 0 fully saturated rings. The van der Waals surface area contributed by atoms with Gasteiger partial charge in [-0.3, -0.25) is 0 Å². The summed E-state index contributed by atoms with van der Waals surface area (Å²) in [5.41, 5.74) is 0.631. The minimum absolute atomic E-state index is 0.0502. The number of rotatable bonds is 3. The lowest BCUT2D eigenvalue weighted by Crippen LogP contribution is -2.13. The van der Waals surface area contributed by atoms with Crippen LogP contribution in [0.3, 0.4) is 0 Å². The van der Waals surface area contributed by atoms with Gasteiger partial charge < -0.3 is 5.32 Å². The lowest BCUT2D eigenvalue weighted by Gasteiger charge is -2.16. The van der Waals surface area contributed by atoms with Gasteiger partial charge in [0.1, 0.15) is 0 Å². The van der Waals surface area contributed by atoms with E-state index in [0.29, 0.717) is 17.2 Å². The Bertz CT molecular complexity index is 685. The van der Waals surface area contributed by atoms with E-state index in [1.807, 2.05) is 0 Å². The topological polar surface area (TPSA) is 61.6 Å². The monoisotopic (exact) mass is 312 g/mol. The maximum absolute atomic E-state index is 12.4. The molecule has 1 aromatic carbocycles. The summed E-state index contributed by atoms with van der Waals surface area (Å²) >= 11 is 0.633. The largest absolute Gasteiger partial charge is 0.452 e. The van der Waals surface area contributed by atoms with E-state index in [9.17, 15) is 13.2 Å². The Balaban J connectivity index is 2.23. The molecule has 0 saturated carbocycles. The van der Waals surface area contributed by atoms with Crippen LogP contribution < -0.4 is 5.32 Å². The first kappa shape index (κ1) is 15.3. The standard InChI is InChI=1S/C13H11F3N4S/c1-12(2,7-17)8-4-3-5-9(6-8)18-11-19-10(20-21-11)13(14,15)16/h3-6H,1-2H3,(H,18,19,20). The van der Waals surface area contributed by atoms with E-state index in [4.69, 9.17) is 5.26 Å². The number of hydrogen-bond donors (Lipinski definition) is 1. The highest BCUT2D eigenvalue weighted by atomic mass is 32.1. The van der Waals surface area contributed by atoms with E-state index in [1.165, 1.54) is 0 Å². The molecule has 1 aromatic heterocycles. The van der Waals surface area contributed by atoms with Gasteiger partial charge in [0.15, 0.2) is 0 Å². The molecule has 0 amide bonds. The van der Waals surface area contributed by atoms with Gasteiger partial charge in [-0.1, -0.05) is 12.1 Å². The van der Waals surface area contributed by atoms with E-state index >= 15 is 0 Å². The van der Waals surface area contributed by atoms with E-state index < -0.39 is 17.4 Å². The van der Waals surface area contributed by atoms with Crippen LogP contribution in [-0.2, 0) is 11.6 Å². The van der Waals surface area contributed by atoms with Crippen molar-refractivity contribution in [3.63, 3.8) is 0 Å². The molecular weight excluding hydrogens is 301 g/mol. The fourth-order valence-corrected chi connectivity index (χ4v) is 2.17. The molecule has 0 unspecified atom stereocenters. The Hall–Kier alpha value is -2.14. The molecule has 0 aliphatic carbocycles. The minimum atomic E-state index is -4.55. The van der Waals surface area contributed by atoms with E-state index in [-0.39, 0.29) is 5.13 Å². The van der Waals surface area contributed by atoms with Gasteiger partial charge in [0, 0.05) is 17.2 Å². The first-order valence-corrected chi connectivity index (χ1v) is 6.69. The van der Waals surface area contributed by atoms with Crippen molar-refractivity contribution in [3.8, 4) is 6.07 Å². The van der Waals surface area contributed by atoms with Crippen molar-refractivity contribution in [2.75, 3.05) is 5.32 Å². The van der Waals surface area contributed by atoms with Gasteiger partial charge in [0.25, 0.3) is 0 Å². The normalized spacial score (nSPS) is 12.0. The van der Waals surface area contributed by atoms with Gasteiger partial charge in [-0.25, -0.2) is 0 Å². The second-order valence-corrected chi connectivity index (χ2v) is 5.62. The summed E-state index contributed by atoms with van der Waals surface area (Å²) in [5, 5.41) is 11.9. The molecule has 0 spiro atoms. The molecule has 2 rings (SSSR count). The molecular formula is C13H11F3N4S. The minimum Gasteiger partial charge on any atom is -0.330 e. The van der Waals surface area contributed by atoms with Crippen LogP contribution in [0.4, 0.5) is 24.0 Å². The van der Waals surface area contributed by atoms with Crippen LogP contribution in [0.2, 0.25) is 0 Å². The summed E-state index contributed by atoms with van der Waals surface area (Å²) in [6.45, 7) is 3.53. The Kier molecular flexibility index (Phi) is 3.87. The first-order valence-electron chi connectivity index (χ1n) is 5.92. The van der Waals surface area contributed by atoms with Crippen molar-refractivity contribution < 1.29 is 13.2 Å². The van der Waals surface area contributed by atoms with Crippen LogP contribution >= 0.6 is 11.5 Å². The Labute approximate surface area is 123 Å². The highest BCUT2D eigenvalue weighted by Gasteiger charge is 2.36. The maximum atomic E-state index is 12.4. The lowest BCUT2D eigenvalue weighted by molar-refractivity contribution is -0.144. The summed E-state index contributed by atoms with van der Waals surface area (Å²) < 4.78 is 40.5. The maximum Gasteiger partial charge on any atom is 0.452 e. The lowest BCUT2D eigenvalue weighted by atomic mass is 9.86. The summed E-state index contributed by atoms with van der Waals surface area (Å²) in [5.74, 6) is -1.16. The number of anilines is 2. The van der Waals surface area contributed by atoms with Crippen molar-refractivity contribution in [1.29, 1.82) is 5.26 Å². The summed E-state index contributed by atoms with van der Waals surface area (Å²) in [7, 11) is 0. The number of nitrogens with zero attached hydrogens (tertiary/aromatic N) is 3. The van der Waals surface area contributed by atoms with Gasteiger partial charge in [0.05, 0.1) is 11.5 Å². The van der Waals surface area contributed by atoms with Crippen LogP contribution in [0.15, 0.2) is 24.3 Å². The fraction of sp³-hybridized carbons (Fsp3) is 0.308. The zero-order valence-electron chi connectivity index (χ0n) is 11.2. The zero-order chi connectivity index (χ0) is 15.7. The summed E-state index contributed by atoms with van der Waals surface area (Å²) in [6, 6.07) is 9.08. The van der Waals surface area contributed by atoms with Gasteiger partial charge in [-0.15, -0.1) is 0 Å². The average molecular weight is 312 g/mol. The molecule has 1 heterocycles. The second-order valence-electron chi connectivity index (χ2n) is 4.86. The highest BCUT2D eigenvalue weighted by Crippen LogP contribution is 2.31. The summed E-state index contributed by atoms with van der Waals surface area (Å²) in [6.07, 6.45) is -4.55. The molecule has 0 atom stereocenters. The molecule has 21 heavy (non-hydrogen) atoms. The predicted molar refractivity (Wildman–Crippen MR) is 73.3 cm³/mol. The number of alkyl halides is 3. The molecule has 0 saturated heterocycles. The fourth-order valence-electron chi connectivity index (χ4n) is 1.56. The molecule has 0 bridgehead atoms. The quantitative estimate of drug-likeness (QED) is 0.927. The molecule has 110 valence electrons. The Morgan fingerprint density at radius 1 is 1.29 bits per heavy atom. The zero-order valence-corrected chi connectivity index (χ0v) is 12.0. The number of benzene rings is 1. The SMILES string of the molecule is CC(C)(C#N)c1cccc(Nc2nc(C(F)(F)F)ns2)c1.